The van der Waals surface area contributed by atoms with Crippen LogP contribution in [0.3, 0.4) is 0 Å². The van der Waals surface area contributed by atoms with Crippen LogP contribution in [0, 0.1) is 0 Å². The molecular weight excluding hydrogens is 172 g/mol. The van der Waals surface area contributed by atoms with Gasteiger partial charge < -0.3 is 5.32 Å². The smallest absolute Gasteiger partial charge is 0.0198 e. The van der Waals surface area contributed by atoms with Gasteiger partial charge in [-0.25, -0.2) is 0 Å². The highest BCUT2D eigenvalue weighted by molar-refractivity contribution is 5.04. The van der Waals surface area contributed by atoms with E-state index in [4.69, 9.17) is 0 Å². The first-order valence-corrected chi connectivity index (χ1v) is 6.16. The van der Waals surface area contributed by atoms with Crippen molar-refractivity contribution in [3.63, 3.8) is 0 Å². The van der Waals surface area contributed by atoms with E-state index in [1.165, 1.54) is 38.8 Å². The van der Waals surface area contributed by atoms with E-state index < -0.39 is 0 Å². The molecule has 1 N–H and O–H groups in total. The maximum atomic E-state index is 3.66. The van der Waals surface area contributed by atoms with Crippen molar-refractivity contribution in [1.29, 1.82) is 0 Å². The van der Waals surface area contributed by atoms with Gasteiger partial charge in [-0.15, -0.1) is 0 Å². The second-order valence-corrected chi connectivity index (χ2v) is 5.39. The Kier molecular flexibility index (Phi) is 2.85. The van der Waals surface area contributed by atoms with Gasteiger partial charge in [-0.1, -0.05) is 13.3 Å². The van der Waals surface area contributed by atoms with Gasteiger partial charge in [0.05, 0.1) is 0 Å². The summed E-state index contributed by atoms with van der Waals surface area (Å²) in [6, 6.07) is 1.48. The molecule has 1 heterocycles. The normalized spacial score (nSPS) is 37.1. The van der Waals surface area contributed by atoms with Crippen LogP contribution in [0.5, 0.6) is 0 Å². The van der Waals surface area contributed by atoms with Crippen LogP contribution in [0.1, 0.15) is 46.5 Å². The van der Waals surface area contributed by atoms with Gasteiger partial charge in [0.1, 0.15) is 0 Å². The fraction of sp³-hybridized carbons (Fsp3) is 1.00. The SMILES string of the molecule is CCCC1CN(C2(C)CC2)C(C)CN1. The lowest BCUT2D eigenvalue weighted by molar-refractivity contribution is 0.0832. The Hall–Kier alpha value is -0.0800. The van der Waals surface area contributed by atoms with Gasteiger partial charge >= 0.3 is 0 Å². The molecule has 0 aromatic heterocycles. The lowest BCUT2D eigenvalue weighted by Gasteiger charge is -2.42. The van der Waals surface area contributed by atoms with Crippen molar-refractivity contribution in [2.45, 2.75) is 64.1 Å². The third-order valence-corrected chi connectivity index (χ3v) is 3.96. The van der Waals surface area contributed by atoms with Crippen LogP contribution in [0.2, 0.25) is 0 Å². The lowest BCUT2D eigenvalue weighted by Crippen LogP contribution is -2.58. The predicted molar refractivity (Wildman–Crippen MR) is 60.5 cm³/mol. The van der Waals surface area contributed by atoms with Crippen LogP contribution in [0.25, 0.3) is 0 Å². The van der Waals surface area contributed by atoms with Crippen LogP contribution < -0.4 is 5.32 Å². The van der Waals surface area contributed by atoms with Crippen molar-refractivity contribution in [2.75, 3.05) is 13.1 Å². The Morgan fingerprint density at radius 1 is 1.43 bits per heavy atom. The van der Waals surface area contributed by atoms with Crippen LogP contribution in [0.4, 0.5) is 0 Å². The Morgan fingerprint density at radius 3 is 2.71 bits per heavy atom. The van der Waals surface area contributed by atoms with Crippen molar-refractivity contribution >= 4 is 0 Å². The summed E-state index contributed by atoms with van der Waals surface area (Å²) in [6.45, 7) is 9.52. The van der Waals surface area contributed by atoms with Crippen LogP contribution in [-0.4, -0.2) is 35.6 Å². The molecule has 2 atom stereocenters. The molecule has 2 aliphatic rings. The summed E-state index contributed by atoms with van der Waals surface area (Å²) in [6.07, 6.45) is 5.46. The molecule has 1 saturated carbocycles. The zero-order valence-electron chi connectivity index (χ0n) is 9.84. The molecule has 14 heavy (non-hydrogen) atoms. The molecule has 82 valence electrons. The van der Waals surface area contributed by atoms with Crippen molar-refractivity contribution in [2.24, 2.45) is 0 Å². The van der Waals surface area contributed by atoms with E-state index in [9.17, 15) is 0 Å². The van der Waals surface area contributed by atoms with Gasteiger partial charge in [0.2, 0.25) is 0 Å². The number of nitrogens with zero attached hydrogens (tertiary/aromatic N) is 1. The third kappa shape index (κ3) is 1.96. The standard InChI is InChI=1S/C12H24N2/c1-4-5-11-9-14(10(2)8-13-11)12(3)6-7-12/h10-11,13H,4-9H2,1-3H3. The minimum absolute atomic E-state index is 0.563. The summed E-state index contributed by atoms with van der Waals surface area (Å²) >= 11 is 0. The zero-order valence-corrected chi connectivity index (χ0v) is 9.84. The Morgan fingerprint density at radius 2 is 2.14 bits per heavy atom. The van der Waals surface area contributed by atoms with E-state index in [0.29, 0.717) is 5.54 Å². The Bertz CT molecular complexity index is 198. The van der Waals surface area contributed by atoms with Gasteiger partial charge in [0, 0.05) is 30.7 Å². The fourth-order valence-corrected chi connectivity index (χ4v) is 2.69. The van der Waals surface area contributed by atoms with E-state index in [2.05, 4.69) is 31.0 Å². The molecule has 0 bridgehead atoms. The molecule has 2 rings (SSSR count). The van der Waals surface area contributed by atoms with Gasteiger partial charge in [0.25, 0.3) is 0 Å². The van der Waals surface area contributed by atoms with Crippen LogP contribution >= 0.6 is 0 Å². The summed E-state index contributed by atoms with van der Waals surface area (Å²) in [7, 11) is 0. The summed E-state index contributed by atoms with van der Waals surface area (Å²) in [5.74, 6) is 0. The maximum absolute atomic E-state index is 3.66. The van der Waals surface area contributed by atoms with E-state index in [-0.39, 0.29) is 0 Å². The first-order valence-electron chi connectivity index (χ1n) is 6.16. The second kappa shape index (κ2) is 3.82. The highest BCUT2D eigenvalue weighted by Crippen LogP contribution is 2.42. The molecule has 0 spiro atoms. The third-order valence-electron chi connectivity index (χ3n) is 3.96. The van der Waals surface area contributed by atoms with Gasteiger partial charge in [0.15, 0.2) is 0 Å². The first kappa shape index (κ1) is 10.4. The molecule has 0 radical (unpaired) electrons. The largest absolute Gasteiger partial charge is 0.311 e. The van der Waals surface area contributed by atoms with Crippen LogP contribution in [-0.2, 0) is 0 Å². The van der Waals surface area contributed by atoms with Crippen molar-refractivity contribution < 1.29 is 0 Å². The minimum Gasteiger partial charge on any atom is -0.311 e. The van der Waals surface area contributed by atoms with Crippen molar-refractivity contribution in [1.82, 2.24) is 10.2 Å². The Balaban J connectivity index is 1.93. The first-order chi connectivity index (χ1) is 6.65. The lowest BCUT2D eigenvalue weighted by atomic mass is 10.0. The number of hydrogen-bond donors (Lipinski definition) is 1. The molecule has 2 heteroatoms. The highest BCUT2D eigenvalue weighted by Gasteiger charge is 2.46. The maximum Gasteiger partial charge on any atom is 0.0198 e. The van der Waals surface area contributed by atoms with Crippen LogP contribution in [0.15, 0.2) is 0 Å². The summed E-state index contributed by atoms with van der Waals surface area (Å²) in [4.78, 5) is 2.74. The van der Waals surface area contributed by atoms with Gasteiger partial charge in [-0.05, 0) is 33.1 Å². The highest BCUT2D eigenvalue weighted by atomic mass is 15.3. The molecule has 0 aromatic rings. The molecule has 1 saturated heterocycles. The fourth-order valence-electron chi connectivity index (χ4n) is 2.69. The van der Waals surface area contributed by atoms with Crippen molar-refractivity contribution in [3.05, 3.63) is 0 Å². The number of rotatable bonds is 3. The number of nitrogens with one attached hydrogen (secondary N) is 1. The summed E-state index contributed by atoms with van der Waals surface area (Å²) < 4.78 is 0. The molecule has 0 amide bonds. The molecule has 2 unspecified atom stereocenters. The number of hydrogen-bond acceptors (Lipinski definition) is 2. The minimum atomic E-state index is 0.563. The summed E-state index contributed by atoms with van der Waals surface area (Å²) in [5, 5.41) is 3.66. The average molecular weight is 196 g/mol. The second-order valence-electron chi connectivity index (χ2n) is 5.39. The molecular formula is C12H24N2. The molecule has 2 fully saturated rings. The Labute approximate surface area is 88.1 Å². The van der Waals surface area contributed by atoms with E-state index in [1.807, 2.05) is 0 Å². The zero-order chi connectivity index (χ0) is 10.2. The van der Waals surface area contributed by atoms with E-state index in [0.717, 1.165) is 12.1 Å². The van der Waals surface area contributed by atoms with Crippen molar-refractivity contribution in [3.8, 4) is 0 Å². The monoisotopic (exact) mass is 196 g/mol. The quantitative estimate of drug-likeness (QED) is 0.743. The topological polar surface area (TPSA) is 15.3 Å². The van der Waals surface area contributed by atoms with E-state index in [1.54, 1.807) is 0 Å². The molecule has 1 aliphatic heterocycles. The predicted octanol–water partition coefficient (Wildman–Crippen LogP) is 2.00. The average Bonchev–Trinajstić information content (AvgIpc) is 2.89. The van der Waals surface area contributed by atoms with Gasteiger partial charge in [-0.2, -0.15) is 0 Å². The summed E-state index contributed by atoms with van der Waals surface area (Å²) in [5.41, 5.74) is 0.563. The van der Waals surface area contributed by atoms with Gasteiger partial charge in [-0.3, -0.25) is 4.90 Å². The number of piperazine rings is 1. The molecule has 2 nitrogen and oxygen atoms in total. The molecule has 0 aromatic carbocycles. The van der Waals surface area contributed by atoms with E-state index >= 15 is 0 Å². The molecule has 1 aliphatic carbocycles.